The van der Waals surface area contributed by atoms with Crippen molar-refractivity contribution in [2.24, 2.45) is 5.41 Å². The minimum atomic E-state index is -0.844. The molecule has 2 aromatic carbocycles. The Morgan fingerprint density at radius 1 is 1.00 bits per heavy atom. The highest BCUT2D eigenvalue weighted by atomic mass is 16.5. The van der Waals surface area contributed by atoms with Gasteiger partial charge in [-0.3, -0.25) is 9.59 Å². The van der Waals surface area contributed by atoms with Gasteiger partial charge in [-0.1, -0.05) is 69.3 Å². The Kier molecular flexibility index (Phi) is 8.54. The SMILES string of the molecule is CCN(CCCCC(=O)O)C(=O)[C@@H](NC(=O)OCC1c2ccccc2-c2ccccc21)C(C)(C)C. The van der Waals surface area contributed by atoms with Gasteiger partial charge in [0.2, 0.25) is 5.91 Å². The molecule has 35 heavy (non-hydrogen) atoms. The van der Waals surface area contributed by atoms with Crippen LogP contribution in [0.3, 0.4) is 0 Å². The molecule has 1 aliphatic carbocycles. The second kappa shape index (κ2) is 11.4. The second-order valence-corrected chi connectivity index (χ2v) is 10.0. The van der Waals surface area contributed by atoms with Crippen molar-refractivity contribution in [3.63, 3.8) is 0 Å². The van der Waals surface area contributed by atoms with Gasteiger partial charge < -0.3 is 20.1 Å². The lowest BCUT2D eigenvalue weighted by Crippen LogP contribution is -2.55. The Morgan fingerprint density at radius 3 is 2.09 bits per heavy atom. The van der Waals surface area contributed by atoms with Gasteiger partial charge in [-0.15, -0.1) is 0 Å². The van der Waals surface area contributed by atoms with E-state index < -0.39 is 23.5 Å². The van der Waals surface area contributed by atoms with Crippen molar-refractivity contribution >= 4 is 18.0 Å². The molecule has 0 radical (unpaired) electrons. The first-order chi connectivity index (χ1) is 16.6. The third-order valence-corrected chi connectivity index (χ3v) is 6.48. The molecule has 0 unspecified atom stereocenters. The highest BCUT2D eigenvalue weighted by Gasteiger charge is 2.36. The molecular formula is C28H36N2O5. The van der Waals surface area contributed by atoms with Gasteiger partial charge in [-0.05, 0) is 47.4 Å². The summed E-state index contributed by atoms with van der Waals surface area (Å²) < 4.78 is 5.67. The van der Waals surface area contributed by atoms with Gasteiger partial charge in [0.25, 0.3) is 0 Å². The Labute approximate surface area is 207 Å². The van der Waals surface area contributed by atoms with Gasteiger partial charge in [0, 0.05) is 25.4 Å². The van der Waals surface area contributed by atoms with Crippen molar-refractivity contribution in [2.45, 2.75) is 58.9 Å². The van der Waals surface area contributed by atoms with Crippen molar-refractivity contribution in [1.82, 2.24) is 10.2 Å². The zero-order valence-corrected chi connectivity index (χ0v) is 21.0. The number of amides is 2. The third-order valence-electron chi connectivity index (χ3n) is 6.48. The third kappa shape index (κ3) is 6.41. The van der Waals surface area contributed by atoms with Crippen LogP contribution in [-0.2, 0) is 14.3 Å². The van der Waals surface area contributed by atoms with E-state index in [1.165, 1.54) is 0 Å². The molecular weight excluding hydrogens is 444 g/mol. The zero-order chi connectivity index (χ0) is 25.6. The van der Waals surface area contributed by atoms with Crippen LogP contribution < -0.4 is 5.32 Å². The second-order valence-electron chi connectivity index (χ2n) is 10.0. The van der Waals surface area contributed by atoms with Crippen molar-refractivity contribution < 1.29 is 24.2 Å². The minimum absolute atomic E-state index is 0.0571. The standard InChI is InChI=1S/C28H36N2O5/c1-5-30(17-11-10-16-24(31)32)26(33)25(28(2,3)4)29-27(34)35-18-23-21-14-8-6-12-19(21)20-13-7-9-15-22(20)23/h6-9,12-15,23,25H,5,10-11,16-18H2,1-4H3,(H,29,34)(H,31,32)/t25-/m1/s1. The highest BCUT2D eigenvalue weighted by molar-refractivity contribution is 5.86. The molecule has 0 bridgehead atoms. The Bertz CT molecular complexity index is 1010. The zero-order valence-electron chi connectivity index (χ0n) is 21.0. The van der Waals surface area contributed by atoms with Crippen LogP contribution in [0.1, 0.15) is 64.0 Å². The van der Waals surface area contributed by atoms with Crippen LogP contribution in [0.25, 0.3) is 11.1 Å². The molecule has 2 aromatic rings. The number of likely N-dealkylation sites (N-methyl/N-ethyl adjacent to an activating group) is 1. The fraction of sp³-hybridized carbons (Fsp3) is 0.464. The summed E-state index contributed by atoms with van der Waals surface area (Å²) in [6, 6.07) is 15.5. The molecule has 7 heteroatoms. The monoisotopic (exact) mass is 480 g/mol. The quantitative estimate of drug-likeness (QED) is 0.464. The number of carbonyl (C=O) groups excluding carboxylic acids is 2. The molecule has 0 saturated carbocycles. The predicted octanol–water partition coefficient (Wildman–Crippen LogP) is 5.04. The molecule has 0 saturated heterocycles. The molecule has 7 nitrogen and oxygen atoms in total. The number of rotatable bonds is 10. The molecule has 1 atom stereocenters. The summed E-state index contributed by atoms with van der Waals surface area (Å²) in [5.41, 5.74) is 4.03. The molecule has 0 aromatic heterocycles. The van der Waals surface area contributed by atoms with Gasteiger partial charge in [-0.25, -0.2) is 4.79 Å². The maximum Gasteiger partial charge on any atom is 0.407 e. The first-order valence-corrected chi connectivity index (χ1v) is 12.3. The van der Waals surface area contributed by atoms with Crippen LogP contribution in [0.5, 0.6) is 0 Å². The number of hydrogen-bond acceptors (Lipinski definition) is 4. The normalized spacial score (nSPS) is 13.5. The number of hydrogen-bond donors (Lipinski definition) is 2. The molecule has 188 valence electrons. The van der Waals surface area contributed by atoms with E-state index in [0.29, 0.717) is 25.9 Å². The van der Waals surface area contributed by atoms with Gasteiger partial charge >= 0.3 is 12.1 Å². The number of alkyl carbamates (subject to hydrolysis) is 1. The van der Waals surface area contributed by atoms with Crippen LogP contribution in [-0.4, -0.2) is 53.7 Å². The molecule has 3 rings (SSSR count). The highest BCUT2D eigenvalue weighted by Crippen LogP contribution is 2.44. The van der Waals surface area contributed by atoms with Crippen LogP contribution >= 0.6 is 0 Å². The summed E-state index contributed by atoms with van der Waals surface area (Å²) in [5.74, 6) is -1.09. The molecule has 1 aliphatic rings. The van der Waals surface area contributed by atoms with E-state index in [1.54, 1.807) is 4.90 Å². The first kappa shape index (κ1) is 26.3. The summed E-state index contributed by atoms with van der Waals surface area (Å²) >= 11 is 0. The van der Waals surface area contributed by atoms with E-state index in [2.05, 4.69) is 29.6 Å². The number of aliphatic carboxylic acids is 1. The lowest BCUT2D eigenvalue weighted by Gasteiger charge is -2.34. The molecule has 0 spiro atoms. The number of unbranched alkanes of at least 4 members (excludes halogenated alkanes) is 1. The maximum atomic E-state index is 13.3. The summed E-state index contributed by atoms with van der Waals surface area (Å²) in [7, 11) is 0. The number of carboxylic acid groups (broad SMARTS) is 1. The maximum absolute atomic E-state index is 13.3. The summed E-state index contributed by atoms with van der Waals surface area (Å²) in [4.78, 5) is 38.6. The summed E-state index contributed by atoms with van der Waals surface area (Å²) in [5, 5.41) is 11.6. The molecule has 0 heterocycles. The van der Waals surface area contributed by atoms with Gasteiger partial charge in [-0.2, -0.15) is 0 Å². The van der Waals surface area contributed by atoms with Gasteiger partial charge in [0.15, 0.2) is 0 Å². The van der Waals surface area contributed by atoms with Crippen molar-refractivity contribution in [3.8, 4) is 11.1 Å². The Hall–Kier alpha value is -3.35. The molecule has 2 amide bonds. The van der Waals surface area contributed by atoms with Crippen molar-refractivity contribution in [1.29, 1.82) is 0 Å². The minimum Gasteiger partial charge on any atom is -0.481 e. The van der Waals surface area contributed by atoms with E-state index in [1.807, 2.05) is 52.0 Å². The summed E-state index contributed by atoms with van der Waals surface area (Å²) in [6.07, 6.45) is 0.543. The van der Waals surface area contributed by atoms with Crippen LogP contribution in [0.2, 0.25) is 0 Å². The van der Waals surface area contributed by atoms with E-state index in [9.17, 15) is 14.4 Å². The fourth-order valence-corrected chi connectivity index (χ4v) is 4.59. The van der Waals surface area contributed by atoms with Crippen molar-refractivity contribution in [3.05, 3.63) is 59.7 Å². The number of benzene rings is 2. The van der Waals surface area contributed by atoms with E-state index in [0.717, 1.165) is 22.3 Å². The van der Waals surface area contributed by atoms with E-state index >= 15 is 0 Å². The molecule has 0 aliphatic heterocycles. The van der Waals surface area contributed by atoms with E-state index in [-0.39, 0.29) is 24.9 Å². The van der Waals surface area contributed by atoms with Crippen molar-refractivity contribution in [2.75, 3.05) is 19.7 Å². The number of nitrogens with one attached hydrogen (secondary N) is 1. The number of ether oxygens (including phenoxy) is 1. The number of carboxylic acids is 1. The van der Waals surface area contributed by atoms with Gasteiger partial charge in [0.1, 0.15) is 12.6 Å². The largest absolute Gasteiger partial charge is 0.481 e. The smallest absolute Gasteiger partial charge is 0.407 e. The Morgan fingerprint density at radius 2 is 1.57 bits per heavy atom. The topological polar surface area (TPSA) is 95.9 Å². The van der Waals surface area contributed by atoms with E-state index in [4.69, 9.17) is 9.84 Å². The lowest BCUT2D eigenvalue weighted by atomic mass is 9.85. The lowest BCUT2D eigenvalue weighted by molar-refractivity contribution is -0.137. The predicted molar refractivity (Wildman–Crippen MR) is 135 cm³/mol. The van der Waals surface area contributed by atoms with Gasteiger partial charge in [0.05, 0.1) is 0 Å². The number of carbonyl (C=O) groups is 3. The van der Waals surface area contributed by atoms with Crippen LogP contribution in [0.4, 0.5) is 4.79 Å². The average molecular weight is 481 g/mol. The number of fused-ring (bicyclic) bond motifs is 3. The molecule has 2 N–H and O–H groups in total. The summed E-state index contributed by atoms with van der Waals surface area (Å²) in [6.45, 7) is 8.68. The fourth-order valence-electron chi connectivity index (χ4n) is 4.59. The van der Waals surface area contributed by atoms with Crippen LogP contribution in [0, 0.1) is 5.41 Å². The average Bonchev–Trinajstić information content (AvgIpc) is 3.14. The molecule has 0 fully saturated rings. The van der Waals surface area contributed by atoms with Crippen LogP contribution in [0.15, 0.2) is 48.5 Å². The number of nitrogens with zero attached hydrogens (tertiary/aromatic N) is 1. The Balaban J connectivity index is 1.65. The first-order valence-electron chi connectivity index (χ1n) is 12.3.